The molecule has 1 aromatic rings. The lowest BCUT2D eigenvalue weighted by Crippen LogP contribution is -2.21. The van der Waals surface area contributed by atoms with E-state index in [1.165, 1.54) is 0 Å². The van der Waals surface area contributed by atoms with Gasteiger partial charge in [-0.1, -0.05) is 0 Å². The Morgan fingerprint density at radius 1 is 1.38 bits per heavy atom. The van der Waals surface area contributed by atoms with Crippen molar-refractivity contribution in [3.8, 4) is 0 Å². The molecule has 0 unspecified atom stereocenters. The van der Waals surface area contributed by atoms with Gasteiger partial charge < -0.3 is 11.1 Å². The van der Waals surface area contributed by atoms with Crippen LogP contribution in [-0.4, -0.2) is 12.5 Å². The van der Waals surface area contributed by atoms with E-state index in [0.29, 0.717) is 5.69 Å². The van der Waals surface area contributed by atoms with Crippen LogP contribution in [0, 0.1) is 4.91 Å². The summed E-state index contributed by atoms with van der Waals surface area (Å²) in [5.74, 6) is -0.433. The number of nitrogens with one attached hydrogen (secondary N) is 1. The van der Waals surface area contributed by atoms with Crippen molar-refractivity contribution in [2.75, 3.05) is 11.9 Å². The highest BCUT2D eigenvalue weighted by Gasteiger charge is 1.95. The molecule has 0 fully saturated rings. The fourth-order valence-corrected chi connectivity index (χ4v) is 0.829. The van der Waals surface area contributed by atoms with Crippen LogP contribution in [0.4, 0.5) is 11.4 Å². The summed E-state index contributed by atoms with van der Waals surface area (Å²) >= 11 is 0. The van der Waals surface area contributed by atoms with E-state index in [0.717, 1.165) is 5.69 Å². The summed E-state index contributed by atoms with van der Waals surface area (Å²) in [6, 6.07) is 6.41. The van der Waals surface area contributed by atoms with Crippen LogP contribution in [0.15, 0.2) is 29.4 Å². The van der Waals surface area contributed by atoms with Gasteiger partial charge in [-0.25, -0.2) is 0 Å². The number of hydrogen-bond donors (Lipinski definition) is 2. The molecule has 0 spiro atoms. The Morgan fingerprint density at radius 3 is 2.46 bits per heavy atom. The van der Waals surface area contributed by atoms with Crippen molar-refractivity contribution in [1.82, 2.24) is 0 Å². The summed E-state index contributed by atoms with van der Waals surface area (Å²) in [5.41, 5.74) is 6.01. The van der Waals surface area contributed by atoms with Gasteiger partial charge in [0.2, 0.25) is 5.91 Å². The minimum absolute atomic E-state index is 0.0772. The molecule has 1 rings (SSSR count). The summed E-state index contributed by atoms with van der Waals surface area (Å²) in [6.45, 7) is 0.0772. The van der Waals surface area contributed by atoms with Gasteiger partial charge in [-0.15, -0.1) is 4.91 Å². The van der Waals surface area contributed by atoms with Crippen LogP contribution in [0.1, 0.15) is 0 Å². The molecule has 5 nitrogen and oxygen atoms in total. The second-order valence-corrected chi connectivity index (χ2v) is 2.46. The standard InChI is InChI=1S/C8H9N3O2/c9-8(12)5-10-6-1-3-7(11-13)4-2-6/h1-4,10H,5H2,(H2,9,12). The van der Waals surface area contributed by atoms with Crippen molar-refractivity contribution in [1.29, 1.82) is 0 Å². The van der Waals surface area contributed by atoms with E-state index in [4.69, 9.17) is 5.73 Å². The number of carbonyl (C=O) groups excluding carboxylic acids is 1. The Labute approximate surface area is 74.9 Å². The smallest absolute Gasteiger partial charge is 0.236 e. The third kappa shape index (κ3) is 2.90. The monoisotopic (exact) mass is 179 g/mol. The zero-order chi connectivity index (χ0) is 9.68. The summed E-state index contributed by atoms with van der Waals surface area (Å²) in [7, 11) is 0. The van der Waals surface area contributed by atoms with E-state index < -0.39 is 5.91 Å². The van der Waals surface area contributed by atoms with Crippen LogP contribution in [-0.2, 0) is 4.79 Å². The first-order valence-corrected chi connectivity index (χ1v) is 3.68. The molecule has 13 heavy (non-hydrogen) atoms. The molecule has 68 valence electrons. The van der Waals surface area contributed by atoms with Crippen LogP contribution >= 0.6 is 0 Å². The molecule has 0 saturated heterocycles. The molecule has 0 aromatic heterocycles. The van der Waals surface area contributed by atoms with Gasteiger partial charge >= 0.3 is 0 Å². The van der Waals surface area contributed by atoms with Crippen LogP contribution in [0.25, 0.3) is 0 Å². The second kappa shape index (κ2) is 4.20. The Balaban J connectivity index is 2.59. The SMILES string of the molecule is NC(=O)CNc1ccc(N=O)cc1. The fraction of sp³-hybridized carbons (Fsp3) is 0.125. The van der Waals surface area contributed by atoms with E-state index in [9.17, 15) is 9.70 Å². The summed E-state index contributed by atoms with van der Waals surface area (Å²) in [6.07, 6.45) is 0. The van der Waals surface area contributed by atoms with E-state index in [1.807, 2.05) is 0 Å². The molecule has 3 N–H and O–H groups in total. The molecule has 0 aliphatic heterocycles. The van der Waals surface area contributed by atoms with Crippen molar-refractivity contribution in [2.24, 2.45) is 10.9 Å². The zero-order valence-electron chi connectivity index (χ0n) is 6.86. The summed E-state index contributed by atoms with van der Waals surface area (Å²) in [4.78, 5) is 20.4. The number of benzene rings is 1. The third-order valence-electron chi connectivity index (χ3n) is 1.44. The van der Waals surface area contributed by atoms with E-state index in [2.05, 4.69) is 10.5 Å². The number of primary amides is 1. The first kappa shape index (κ1) is 9.18. The van der Waals surface area contributed by atoms with E-state index >= 15 is 0 Å². The van der Waals surface area contributed by atoms with Crippen molar-refractivity contribution >= 4 is 17.3 Å². The zero-order valence-corrected chi connectivity index (χ0v) is 6.86. The van der Waals surface area contributed by atoms with Crippen molar-refractivity contribution in [2.45, 2.75) is 0 Å². The molecule has 0 atom stereocenters. The number of carbonyl (C=O) groups is 1. The highest BCUT2D eigenvalue weighted by atomic mass is 16.3. The summed E-state index contributed by atoms with van der Waals surface area (Å²) < 4.78 is 0. The number of nitrogens with zero attached hydrogens (tertiary/aromatic N) is 1. The second-order valence-electron chi connectivity index (χ2n) is 2.46. The van der Waals surface area contributed by atoms with Gasteiger partial charge in [0.05, 0.1) is 6.54 Å². The highest BCUT2D eigenvalue weighted by Crippen LogP contribution is 2.15. The van der Waals surface area contributed by atoms with Crippen molar-refractivity contribution < 1.29 is 4.79 Å². The van der Waals surface area contributed by atoms with Gasteiger partial charge in [-0.3, -0.25) is 4.79 Å². The third-order valence-corrected chi connectivity index (χ3v) is 1.44. The van der Waals surface area contributed by atoms with Crippen LogP contribution in [0.5, 0.6) is 0 Å². The molecule has 0 radical (unpaired) electrons. The Hall–Kier alpha value is -1.91. The predicted octanol–water partition coefficient (Wildman–Crippen LogP) is 0.982. The average Bonchev–Trinajstić information content (AvgIpc) is 2.15. The van der Waals surface area contributed by atoms with Gasteiger partial charge in [0.25, 0.3) is 0 Å². The summed E-state index contributed by atoms with van der Waals surface area (Å²) in [5, 5.41) is 5.51. The molecule has 0 heterocycles. The molecule has 1 amide bonds. The lowest BCUT2D eigenvalue weighted by Gasteiger charge is -2.02. The maximum absolute atomic E-state index is 10.4. The first-order chi connectivity index (χ1) is 6.22. The van der Waals surface area contributed by atoms with Crippen LogP contribution < -0.4 is 11.1 Å². The molecule has 0 saturated carbocycles. The van der Waals surface area contributed by atoms with Crippen LogP contribution in [0.3, 0.4) is 0 Å². The first-order valence-electron chi connectivity index (χ1n) is 3.68. The number of hydrogen-bond acceptors (Lipinski definition) is 4. The predicted molar refractivity (Wildman–Crippen MR) is 49.6 cm³/mol. The Kier molecular flexibility index (Phi) is 2.97. The molecular weight excluding hydrogens is 170 g/mol. The quantitative estimate of drug-likeness (QED) is 0.675. The minimum atomic E-state index is -0.433. The van der Waals surface area contributed by atoms with Gasteiger partial charge in [0.15, 0.2) is 0 Å². The lowest BCUT2D eigenvalue weighted by atomic mass is 10.3. The molecule has 1 aromatic carbocycles. The maximum Gasteiger partial charge on any atom is 0.236 e. The Bertz CT molecular complexity index is 308. The number of amides is 1. The fourth-order valence-electron chi connectivity index (χ4n) is 0.829. The minimum Gasteiger partial charge on any atom is -0.376 e. The highest BCUT2D eigenvalue weighted by molar-refractivity contribution is 5.78. The van der Waals surface area contributed by atoms with Gasteiger partial charge in [0.1, 0.15) is 5.69 Å². The van der Waals surface area contributed by atoms with Crippen LogP contribution in [0.2, 0.25) is 0 Å². The van der Waals surface area contributed by atoms with Gasteiger partial charge in [-0.2, -0.15) is 0 Å². The lowest BCUT2D eigenvalue weighted by molar-refractivity contribution is -0.116. The van der Waals surface area contributed by atoms with Crippen molar-refractivity contribution in [3.63, 3.8) is 0 Å². The Morgan fingerprint density at radius 2 is 2.00 bits per heavy atom. The molecular formula is C8H9N3O2. The normalized spacial score (nSPS) is 9.23. The van der Waals surface area contributed by atoms with Gasteiger partial charge in [0, 0.05) is 5.69 Å². The number of rotatable bonds is 4. The number of nitroso groups, excluding NO2 is 1. The van der Waals surface area contributed by atoms with E-state index in [-0.39, 0.29) is 6.54 Å². The maximum atomic E-state index is 10.4. The average molecular weight is 179 g/mol. The molecule has 0 aliphatic carbocycles. The van der Waals surface area contributed by atoms with Crippen molar-refractivity contribution in [3.05, 3.63) is 29.2 Å². The number of nitrogens with two attached hydrogens (primary N) is 1. The topological polar surface area (TPSA) is 84.6 Å². The molecule has 5 heteroatoms. The van der Waals surface area contributed by atoms with E-state index in [1.54, 1.807) is 24.3 Å². The van der Waals surface area contributed by atoms with Gasteiger partial charge in [-0.05, 0) is 29.4 Å². The number of anilines is 1. The molecule has 0 bridgehead atoms. The molecule has 0 aliphatic rings. The largest absolute Gasteiger partial charge is 0.376 e.